The van der Waals surface area contributed by atoms with Crippen LogP contribution in [-0.2, 0) is 4.79 Å². The van der Waals surface area contributed by atoms with E-state index in [2.05, 4.69) is 31.4 Å². The molecule has 2 saturated carbocycles. The Kier molecular flexibility index (Phi) is 3.98. The maximum absolute atomic E-state index is 12.2. The zero-order valence-electron chi connectivity index (χ0n) is 13.7. The van der Waals surface area contributed by atoms with Gasteiger partial charge in [-0.2, -0.15) is 0 Å². The SMILES string of the molecule is CC(C)[C@@H](NC(=O)NC1C2(C)CCC(C2)C1(C)C)C(=O)O. The third kappa shape index (κ3) is 2.74. The summed E-state index contributed by atoms with van der Waals surface area (Å²) in [5.74, 6) is -0.483. The molecule has 2 amide bonds. The second kappa shape index (κ2) is 5.18. The van der Waals surface area contributed by atoms with E-state index >= 15 is 0 Å². The molecule has 21 heavy (non-hydrogen) atoms. The Morgan fingerprint density at radius 2 is 1.86 bits per heavy atom. The third-order valence-corrected chi connectivity index (χ3v) is 5.76. The van der Waals surface area contributed by atoms with Crippen LogP contribution in [0.5, 0.6) is 0 Å². The van der Waals surface area contributed by atoms with Crippen LogP contribution in [-0.4, -0.2) is 29.2 Å². The van der Waals surface area contributed by atoms with Gasteiger partial charge in [-0.3, -0.25) is 0 Å². The highest BCUT2D eigenvalue weighted by molar-refractivity contribution is 5.83. The number of urea groups is 1. The van der Waals surface area contributed by atoms with Gasteiger partial charge < -0.3 is 15.7 Å². The molecule has 0 radical (unpaired) electrons. The number of aliphatic carboxylic acids is 1. The van der Waals surface area contributed by atoms with E-state index in [1.807, 2.05) is 0 Å². The minimum Gasteiger partial charge on any atom is -0.480 e. The van der Waals surface area contributed by atoms with Gasteiger partial charge in [0.15, 0.2) is 0 Å². The summed E-state index contributed by atoms with van der Waals surface area (Å²) in [7, 11) is 0. The largest absolute Gasteiger partial charge is 0.480 e. The van der Waals surface area contributed by atoms with Crippen molar-refractivity contribution in [1.82, 2.24) is 10.6 Å². The Labute approximate surface area is 126 Å². The molecule has 0 aliphatic heterocycles. The van der Waals surface area contributed by atoms with Crippen molar-refractivity contribution < 1.29 is 14.7 Å². The first-order valence-electron chi connectivity index (χ1n) is 7.88. The molecule has 0 aromatic carbocycles. The number of hydrogen-bond donors (Lipinski definition) is 3. The average molecular weight is 296 g/mol. The lowest BCUT2D eigenvalue weighted by molar-refractivity contribution is -0.140. The van der Waals surface area contributed by atoms with Crippen LogP contribution in [0.4, 0.5) is 4.79 Å². The predicted octanol–water partition coefficient (Wildman–Crippen LogP) is 2.61. The fourth-order valence-corrected chi connectivity index (χ4v) is 4.49. The average Bonchev–Trinajstić information content (AvgIpc) is 2.82. The first kappa shape index (κ1) is 16.1. The summed E-state index contributed by atoms with van der Waals surface area (Å²) in [6.07, 6.45) is 3.52. The number of nitrogens with one attached hydrogen (secondary N) is 2. The molecular formula is C16H28N2O3. The Balaban J connectivity index is 2.04. The van der Waals surface area contributed by atoms with Gasteiger partial charge >= 0.3 is 12.0 Å². The van der Waals surface area contributed by atoms with Gasteiger partial charge in [0.2, 0.25) is 0 Å². The van der Waals surface area contributed by atoms with E-state index in [-0.39, 0.29) is 28.8 Å². The van der Waals surface area contributed by atoms with Gasteiger partial charge in [0, 0.05) is 6.04 Å². The second-order valence-electron chi connectivity index (χ2n) is 8.03. The van der Waals surface area contributed by atoms with Crippen LogP contribution in [0.1, 0.15) is 53.9 Å². The Hall–Kier alpha value is -1.26. The Bertz CT molecular complexity index is 442. The van der Waals surface area contributed by atoms with E-state index in [1.165, 1.54) is 6.42 Å². The summed E-state index contributed by atoms with van der Waals surface area (Å²) in [6.45, 7) is 10.3. The van der Waals surface area contributed by atoms with Gasteiger partial charge in [-0.05, 0) is 41.9 Å². The molecule has 0 spiro atoms. The molecule has 0 aromatic heterocycles. The molecule has 2 aliphatic rings. The molecule has 5 heteroatoms. The van der Waals surface area contributed by atoms with E-state index in [9.17, 15) is 9.59 Å². The summed E-state index contributed by atoms with van der Waals surface area (Å²) in [6, 6.07) is -1.10. The van der Waals surface area contributed by atoms with Gasteiger partial charge in [0.25, 0.3) is 0 Å². The highest BCUT2D eigenvalue weighted by Gasteiger charge is 2.59. The quantitative estimate of drug-likeness (QED) is 0.746. The van der Waals surface area contributed by atoms with Crippen LogP contribution in [0, 0.1) is 22.7 Å². The first-order valence-corrected chi connectivity index (χ1v) is 7.88. The molecule has 4 atom stereocenters. The normalized spacial score (nSPS) is 34.8. The smallest absolute Gasteiger partial charge is 0.326 e. The monoisotopic (exact) mass is 296 g/mol. The molecule has 0 aromatic rings. The Morgan fingerprint density at radius 3 is 2.29 bits per heavy atom. The number of carboxylic acid groups (broad SMARTS) is 1. The molecule has 2 rings (SSSR count). The van der Waals surface area contributed by atoms with E-state index in [1.54, 1.807) is 13.8 Å². The summed E-state index contributed by atoms with van der Waals surface area (Å²) < 4.78 is 0. The van der Waals surface area contributed by atoms with Crippen LogP contribution >= 0.6 is 0 Å². The van der Waals surface area contributed by atoms with Crippen LogP contribution in [0.25, 0.3) is 0 Å². The van der Waals surface area contributed by atoms with Crippen molar-refractivity contribution in [2.45, 2.75) is 66.0 Å². The zero-order chi connectivity index (χ0) is 16.0. The number of carbonyl (C=O) groups is 2. The fourth-order valence-electron chi connectivity index (χ4n) is 4.49. The number of carbonyl (C=O) groups excluding carboxylic acids is 1. The first-order chi connectivity index (χ1) is 9.58. The number of rotatable bonds is 4. The lowest BCUT2D eigenvalue weighted by Crippen LogP contribution is -2.57. The minimum atomic E-state index is -0.987. The highest BCUT2D eigenvalue weighted by atomic mass is 16.4. The molecular weight excluding hydrogens is 268 g/mol. The van der Waals surface area contributed by atoms with Crippen LogP contribution < -0.4 is 10.6 Å². The Morgan fingerprint density at radius 1 is 1.24 bits per heavy atom. The number of amides is 2. The summed E-state index contributed by atoms with van der Waals surface area (Å²) in [5, 5.41) is 14.8. The molecule has 3 N–H and O–H groups in total. The molecule has 2 bridgehead atoms. The van der Waals surface area contributed by atoms with Gasteiger partial charge in [0.05, 0.1) is 0 Å². The molecule has 0 heterocycles. The van der Waals surface area contributed by atoms with Crippen molar-refractivity contribution in [3.63, 3.8) is 0 Å². The van der Waals surface area contributed by atoms with Crippen molar-refractivity contribution in [2.24, 2.45) is 22.7 Å². The minimum absolute atomic E-state index is 0.0703. The molecule has 3 unspecified atom stereocenters. The van der Waals surface area contributed by atoms with E-state index in [0.29, 0.717) is 5.92 Å². The maximum atomic E-state index is 12.2. The van der Waals surface area contributed by atoms with Crippen molar-refractivity contribution in [3.8, 4) is 0 Å². The molecule has 5 nitrogen and oxygen atoms in total. The van der Waals surface area contributed by atoms with E-state index < -0.39 is 12.0 Å². The molecule has 2 fully saturated rings. The standard InChI is InChI=1S/C16H28N2O3/c1-9(2)11(12(19)20)17-14(21)18-13-15(3,4)10-6-7-16(13,5)8-10/h9-11,13H,6-8H2,1-5H3,(H,19,20)(H2,17,18,21)/t10?,11-,13?,16?/m1/s1. The van der Waals surface area contributed by atoms with Crippen molar-refractivity contribution in [3.05, 3.63) is 0 Å². The maximum Gasteiger partial charge on any atom is 0.326 e. The van der Waals surface area contributed by atoms with Crippen molar-refractivity contribution in [1.29, 1.82) is 0 Å². The lowest BCUT2D eigenvalue weighted by Gasteiger charge is -2.43. The summed E-state index contributed by atoms with van der Waals surface area (Å²) in [5.41, 5.74) is 0.211. The van der Waals surface area contributed by atoms with Crippen LogP contribution in [0.3, 0.4) is 0 Å². The fraction of sp³-hybridized carbons (Fsp3) is 0.875. The topological polar surface area (TPSA) is 78.4 Å². The second-order valence-corrected chi connectivity index (χ2v) is 8.03. The van der Waals surface area contributed by atoms with Crippen molar-refractivity contribution >= 4 is 12.0 Å². The number of fused-ring (bicyclic) bond motifs is 2. The molecule has 0 saturated heterocycles. The number of hydrogen-bond acceptors (Lipinski definition) is 2. The number of carboxylic acids is 1. The summed E-state index contributed by atoms with van der Waals surface area (Å²) in [4.78, 5) is 23.4. The predicted molar refractivity (Wildman–Crippen MR) is 80.9 cm³/mol. The van der Waals surface area contributed by atoms with Gasteiger partial charge in [-0.15, -0.1) is 0 Å². The zero-order valence-corrected chi connectivity index (χ0v) is 13.7. The molecule has 120 valence electrons. The van der Waals surface area contributed by atoms with Gasteiger partial charge in [-0.25, -0.2) is 9.59 Å². The third-order valence-electron chi connectivity index (χ3n) is 5.76. The van der Waals surface area contributed by atoms with E-state index in [4.69, 9.17) is 5.11 Å². The molecule has 2 aliphatic carbocycles. The van der Waals surface area contributed by atoms with Crippen LogP contribution in [0.15, 0.2) is 0 Å². The summed E-state index contributed by atoms with van der Waals surface area (Å²) >= 11 is 0. The lowest BCUT2D eigenvalue weighted by atomic mass is 9.68. The highest BCUT2D eigenvalue weighted by Crippen LogP contribution is 2.62. The van der Waals surface area contributed by atoms with Gasteiger partial charge in [0.1, 0.15) is 6.04 Å². The van der Waals surface area contributed by atoms with Gasteiger partial charge in [-0.1, -0.05) is 34.6 Å². The van der Waals surface area contributed by atoms with Crippen LogP contribution in [0.2, 0.25) is 0 Å². The van der Waals surface area contributed by atoms with Crippen molar-refractivity contribution in [2.75, 3.05) is 0 Å². The van der Waals surface area contributed by atoms with E-state index in [0.717, 1.165) is 12.8 Å².